The van der Waals surface area contributed by atoms with Gasteiger partial charge in [0.15, 0.2) is 0 Å². The molecule has 1 aromatic carbocycles. The summed E-state index contributed by atoms with van der Waals surface area (Å²) in [7, 11) is 1.15. The largest absolute Gasteiger partial charge is 0.465 e. The molecule has 80 valence electrons. The predicted octanol–water partition coefficient (Wildman–Crippen LogP) is 1.91. The van der Waals surface area contributed by atoms with Crippen LogP contribution in [0.2, 0.25) is 0 Å². The number of hydrogen-bond donors (Lipinski definition) is 0. The van der Waals surface area contributed by atoms with Crippen LogP contribution in [0.3, 0.4) is 0 Å². The summed E-state index contributed by atoms with van der Waals surface area (Å²) in [6.07, 6.45) is 0. The van der Waals surface area contributed by atoms with Crippen LogP contribution < -0.4 is 4.29 Å². The highest BCUT2D eigenvalue weighted by Gasteiger charge is 2.23. The molecule has 0 aliphatic carbocycles. The first-order chi connectivity index (χ1) is 7.11. The van der Waals surface area contributed by atoms with Crippen molar-refractivity contribution in [1.82, 2.24) is 0 Å². The Hall–Kier alpha value is -1.82. The van der Waals surface area contributed by atoms with Gasteiger partial charge in [0.05, 0.1) is 12.0 Å². The monoisotopic (exact) mass is 231 g/mol. The van der Waals surface area contributed by atoms with Crippen molar-refractivity contribution >= 4 is 23.5 Å². The van der Waals surface area contributed by atoms with Gasteiger partial charge in [-0.05, 0) is 6.07 Å². The lowest BCUT2D eigenvalue weighted by atomic mass is 10.2. The van der Waals surface area contributed by atoms with Crippen molar-refractivity contribution in [2.24, 2.45) is 0 Å². The van der Waals surface area contributed by atoms with Crippen LogP contribution in [0.15, 0.2) is 18.2 Å². The van der Waals surface area contributed by atoms with Gasteiger partial charge in [0, 0.05) is 6.07 Å². The average molecular weight is 232 g/mol. The summed E-state index contributed by atoms with van der Waals surface area (Å²) in [6, 6.07) is 3.82. The molecule has 0 radical (unpaired) electrons. The summed E-state index contributed by atoms with van der Waals surface area (Å²) in [4.78, 5) is 21.0. The van der Waals surface area contributed by atoms with E-state index in [9.17, 15) is 14.9 Å². The number of benzene rings is 1. The van der Waals surface area contributed by atoms with Crippen LogP contribution in [0, 0.1) is 10.1 Å². The Morgan fingerprint density at radius 2 is 2.20 bits per heavy atom. The van der Waals surface area contributed by atoms with Gasteiger partial charge >= 0.3 is 11.7 Å². The summed E-state index contributed by atoms with van der Waals surface area (Å²) in [5.74, 6) is -1.08. The maximum atomic E-state index is 11.2. The van der Waals surface area contributed by atoms with Gasteiger partial charge in [0.1, 0.15) is 17.4 Å². The van der Waals surface area contributed by atoms with E-state index in [2.05, 4.69) is 9.03 Å². The van der Waals surface area contributed by atoms with Crippen molar-refractivity contribution in [2.75, 3.05) is 7.11 Å². The summed E-state index contributed by atoms with van der Waals surface area (Å²) in [6.45, 7) is 0. The van der Waals surface area contributed by atoms with Crippen LogP contribution in [-0.4, -0.2) is 18.0 Å². The zero-order chi connectivity index (χ0) is 11.4. The van der Waals surface area contributed by atoms with E-state index in [0.717, 1.165) is 7.11 Å². The summed E-state index contributed by atoms with van der Waals surface area (Å²) >= 11 is 5.07. The van der Waals surface area contributed by atoms with Crippen molar-refractivity contribution in [1.29, 1.82) is 0 Å². The third-order valence-electron chi connectivity index (χ3n) is 1.67. The number of nitro groups is 1. The molecular formula is C8H6ClNO5. The first-order valence-electron chi connectivity index (χ1n) is 3.76. The standard InChI is InChI=1S/C8H6ClNO5/c1-14-8(11)5-3-2-4-6(10(12)13)7(5)15-9/h2-4H,1H3. The second-order valence-electron chi connectivity index (χ2n) is 2.48. The molecule has 1 aromatic rings. The number of ether oxygens (including phenoxy) is 1. The molecular weight excluding hydrogens is 226 g/mol. The molecule has 0 aromatic heterocycles. The normalized spacial score (nSPS) is 9.47. The molecule has 0 amide bonds. The minimum Gasteiger partial charge on any atom is -0.465 e. The number of nitrogens with zero attached hydrogens (tertiary/aromatic N) is 1. The van der Waals surface area contributed by atoms with Gasteiger partial charge in [-0.15, -0.1) is 0 Å². The summed E-state index contributed by atoms with van der Waals surface area (Å²) in [5, 5.41) is 10.6. The zero-order valence-electron chi connectivity index (χ0n) is 7.60. The fraction of sp³-hybridized carbons (Fsp3) is 0.125. The topological polar surface area (TPSA) is 78.7 Å². The third-order valence-corrected chi connectivity index (χ3v) is 1.83. The third kappa shape index (κ3) is 2.16. The first kappa shape index (κ1) is 11.3. The minimum absolute atomic E-state index is 0.0956. The van der Waals surface area contributed by atoms with Crippen LogP contribution in [0.1, 0.15) is 10.4 Å². The van der Waals surface area contributed by atoms with Crippen LogP contribution in [0.25, 0.3) is 0 Å². The first-order valence-corrected chi connectivity index (χ1v) is 4.07. The molecule has 0 aliphatic rings. The Bertz CT molecular complexity index is 406. The maximum absolute atomic E-state index is 11.2. The van der Waals surface area contributed by atoms with Crippen molar-refractivity contribution in [3.63, 3.8) is 0 Å². The molecule has 0 spiro atoms. The Labute approximate surface area is 89.7 Å². The highest BCUT2D eigenvalue weighted by atomic mass is 35.5. The van der Waals surface area contributed by atoms with Crippen LogP contribution in [0.5, 0.6) is 5.75 Å². The number of rotatable bonds is 3. The lowest BCUT2D eigenvalue weighted by Crippen LogP contribution is -2.04. The van der Waals surface area contributed by atoms with Gasteiger partial charge in [-0.2, -0.15) is 0 Å². The molecule has 0 heterocycles. The molecule has 6 nitrogen and oxygen atoms in total. The second kappa shape index (κ2) is 4.61. The van der Waals surface area contributed by atoms with Gasteiger partial charge in [0.2, 0.25) is 5.75 Å². The van der Waals surface area contributed by atoms with E-state index in [1.54, 1.807) is 0 Å². The number of halogens is 1. The minimum atomic E-state index is -0.755. The molecule has 0 bridgehead atoms. The number of hydrogen-bond acceptors (Lipinski definition) is 5. The van der Waals surface area contributed by atoms with E-state index < -0.39 is 16.6 Å². The number of carbonyl (C=O) groups excluding carboxylic acids is 1. The SMILES string of the molecule is COC(=O)c1cccc([N+](=O)[O-])c1OCl. The van der Waals surface area contributed by atoms with E-state index in [-0.39, 0.29) is 11.3 Å². The average Bonchev–Trinajstić information content (AvgIpc) is 2.26. The van der Waals surface area contributed by atoms with E-state index in [1.165, 1.54) is 18.2 Å². The van der Waals surface area contributed by atoms with Crippen molar-refractivity contribution in [2.45, 2.75) is 0 Å². The Morgan fingerprint density at radius 1 is 1.53 bits per heavy atom. The molecule has 1 rings (SSSR count). The van der Waals surface area contributed by atoms with Gasteiger partial charge in [-0.25, -0.2) is 4.79 Å². The molecule has 0 atom stereocenters. The predicted molar refractivity (Wildman–Crippen MR) is 50.9 cm³/mol. The molecule has 0 unspecified atom stereocenters. The highest BCUT2D eigenvalue weighted by Crippen LogP contribution is 2.31. The second-order valence-corrected chi connectivity index (χ2v) is 2.63. The van der Waals surface area contributed by atoms with E-state index in [1.807, 2.05) is 0 Å². The molecule has 0 N–H and O–H groups in total. The van der Waals surface area contributed by atoms with E-state index in [4.69, 9.17) is 11.9 Å². The Morgan fingerprint density at radius 3 is 2.67 bits per heavy atom. The Kier molecular flexibility index (Phi) is 3.46. The summed E-state index contributed by atoms with van der Waals surface area (Å²) < 4.78 is 8.70. The van der Waals surface area contributed by atoms with Crippen molar-refractivity contribution in [3.05, 3.63) is 33.9 Å². The lowest BCUT2D eigenvalue weighted by Gasteiger charge is -2.04. The number of carbonyl (C=O) groups is 1. The zero-order valence-corrected chi connectivity index (χ0v) is 8.35. The van der Waals surface area contributed by atoms with E-state index in [0.29, 0.717) is 0 Å². The van der Waals surface area contributed by atoms with Gasteiger partial charge < -0.3 is 9.03 Å². The number of nitro benzene ring substituents is 1. The number of para-hydroxylation sites is 1. The van der Waals surface area contributed by atoms with Crippen LogP contribution in [0.4, 0.5) is 5.69 Å². The number of methoxy groups -OCH3 is 1. The Balaban J connectivity index is 3.34. The molecule has 7 heteroatoms. The van der Waals surface area contributed by atoms with Crippen LogP contribution in [-0.2, 0) is 4.74 Å². The fourth-order valence-electron chi connectivity index (χ4n) is 1.02. The highest BCUT2D eigenvalue weighted by molar-refractivity contribution is 6.10. The molecule has 15 heavy (non-hydrogen) atoms. The summed E-state index contributed by atoms with van der Waals surface area (Å²) in [5.41, 5.74) is -0.491. The lowest BCUT2D eigenvalue weighted by molar-refractivity contribution is -0.385. The smallest absolute Gasteiger partial charge is 0.342 e. The van der Waals surface area contributed by atoms with Crippen LogP contribution >= 0.6 is 11.9 Å². The molecule has 0 fully saturated rings. The van der Waals surface area contributed by atoms with Gasteiger partial charge in [0.25, 0.3) is 0 Å². The molecule has 0 saturated carbocycles. The molecule has 0 saturated heterocycles. The van der Waals surface area contributed by atoms with Crippen molar-refractivity contribution in [3.8, 4) is 5.75 Å². The quantitative estimate of drug-likeness (QED) is 0.451. The van der Waals surface area contributed by atoms with E-state index >= 15 is 0 Å². The van der Waals surface area contributed by atoms with Gasteiger partial charge in [-0.3, -0.25) is 10.1 Å². The molecule has 0 aliphatic heterocycles. The van der Waals surface area contributed by atoms with Gasteiger partial charge in [-0.1, -0.05) is 6.07 Å². The number of esters is 1. The maximum Gasteiger partial charge on any atom is 0.342 e. The van der Waals surface area contributed by atoms with Crippen molar-refractivity contribution < 1.29 is 18.7 Å². The fourth-order valence-corrected chi connectivity index (χ4v) is 1.18.